The maximum atomic E-state index is 4.30. The number of hydrogen-bond donors (Lipinski definition) is 0. The summed E-state index contributed by atoms with van der Waals surface area (Å²) >= 11 is 0. The highest BCUT2D eigenvalue weighted by Gasteiger charge is 2.12. The van der Waals surface area contributed by atoms with Gasteiger partial charge in [-0.2, -0.15) is 10.2 Å². The normalized spacial score (nSPS) is 12.0. The van der Waals surface area contributed by atoms with Crippen LogP contribution in [-0.2, 0) is 11.8 Å². The Bertz CT molecular complexity index is 587. The van der Waals surface area contributed by atoms with Crippen molar-refractivity contribution >= 4 is 11.4 Å². The summed E-state index contributed by atoms with van der Waals surface area (Å²) in [6, 6.07) is 16.6. The van der Waals surface area contributed by atoms with Crippen LogP contribution in [0.3, 0.4) is 0 Å². The summed E-state index contributed by atoms with van der Waals surface area (Å²) in [6.45, 7) is 8.82. The number of azo groups is 1. The molecule has 0 bridgehead atoms. The van der Waals surface area contributed by atoms with Gasteiger partial charge >= 0.3 is 0 Å². The zero-order valence-corrected chi connectivity index (χ0v) is 13.4. The molecule has 0 N–H and O–H groups in total. The Balaban J connectivity index is 2.07. The lowest BCUT2D eigenvalue weighted by Gasteiger charge is -2.18. The van der Waals surface area contributed by atoms with Crippen molar-refractivity contribution in [2.24, 2.45) is 10.2 Å². The van der Waals surface area contributed by atoms with Crippen LogP contribution in [0.2, 0.25) is 0 Å². The van der Waals surface area contributed by atoms with Crippen LogP contribution in [0.1, 0.15) is 45.2 Å². The molecule has 0 saturated heterocycles. The first kappa shape index (κ1) is 15.4. The predicted molar refractivity (Wildman–Crippen MR) is 89.8 cm³/mol. The third-order valence-electron chi connectivity index (χ3n) is 3.49. The number of nitrogens with zero attached hydrogens (tertiary/aromatic N) is 2. The molecule has 0 aliphatic heterocycles. The van der Waals surface area contributed by atoms with Gasteiger partial charge in [-0.05, 0) is 47.2 Å². The van der Waals surface area contributed by atoms with Crippen LogP contribution in [0.25, 0.3) is 0 Å². The van der Waals surface area contributed by atoms with Crippen LogP contribution in [0.4, 0.5) is 11.4 Å². The maximum Gasteiger partial charge on any atom is 0.0857 e. The van der Waals surface area contributed by atoms with Gasteiger partial charge in [0.25, 0.3) is 0 Å². The molecule has 2 rings (SSSR count). The van der Waals surface area contributed by atoms with Gasteiger partial charge < -0.3 is 0 Å². The van der Waals surface area contributed by atoms with E-state index in [2.05, 4.69) is 62.2 Å². The molecule has 0 unspecified atom stereocenters. The highest BCUT2D eigenvalue weighted by Crippen LogP contribution is 2.25. The first-order valence-electron chi connectivity index (χ1n) is 7.60. The second kappa shape index (κ2) is 6.66. The molecule has 2 aromatic rings. The molecule has 2 aromatic carbocycles. The fourth-order valence-corrected chi connectivity index (χ4v) is 2.16. The molecule has 0 aliphatic rings. The summed E-state index contributed by atoms with van der Waals surface area (Å²) in [4.78, 5) is 0. The Morgan fingerprint density at radius 2 is 1.24 bits per heavy atom. The lowest BCUT2D eigenvalue weighted by atomic mass is 9.87. The topological polar surface area (TPSA) is 24.7 Å². The summed E-state index contributed by atoms with van der Waals surface area (Å²) < 4.78 is 0. The van der Waals surface area contributed by atoms with Gasteiger partial charge in [0.2, 0.25) is 0 Å². The predicted octanol–water partition coefficient (Wildman–Crippen LogP) is 6.35. The molecule has 0 atom stereocenters. The van der Waals surface area contributed by atoms with Crippen LogP contribution in [-0.4, -0.2) is 0 Å². The van der Waals surface area contributed by atoms with Crippen molar-refractivity contribution in [1.82, 2.24) is 0 Å². The van der Waals surface area contributed by atoms with Gasteiger partial charge in [-0.1, -0.05) is 58.4 Å². The van der Waals surface area contributed by atoms with E-state index in [9.17, 15) is 0 Å². The van der Waals surface area contributed by atoms with E-state index in [1.807, 2.05) is 24.3 Å². The lowest BCUT2D eigenvalue weighted by molar-refractivity contribution is 0.590. The second-order valence-electron chi connectivity index (χ2n) is 6.41. The van der Waals surface area contributed by atoms with Crippen LogP contribution in [0.15, 0.2) is 58.8 Å². The molecule has 21 heavy (non-hydrogen) atoms. The third-order valence-corrected chi connectivity index (χ3v) is 3.49. The smallest absolute Gasteiger partial charge is 0.0857 e. The summed E-state index contributed by atoms with van der Waals surface area (Å²) in [5.41, 5.74) is 4.62. The van der Waals surface area contributed by atoms with Crippen LogP contribution in [0.5, 0.6) is 0 Å². The maximum absolute atomic E-state index is 4.30. The Hall–Kier alpha value is -1.96. The highest BCUT2D eigenvalue weighted by molar-refractivity contribution is 5.43. The van der Waals surface area contributed by atoms with Crippen molar-refractivity contribution in [2.45, 2.75) is 46.0 Å². The lowest BCUT2D eigenvalue weighted by Crippen LogP contribution is -2.10. The van der Waals surface area contributed by atoms with Gasteiger partial charge in [0, 0.05) is 0 Å². The molecule has 0 aromatic heterocycles. The Morgan fingerprint density at radius 1 is 0.762 bits per heavy atom. The van der Waals surface area contributed by atoms with E-state index >= 15 is 0 Å². The largest absolute Gasteiger partial charge is 0.151 e. The van der Waals surface area contributed by atoms with Crippen molar-refractivity contribution in [3.05, 3.63) is 59.7 Å². The minimum atomic E-state index is 0.171. The minimum Gasteiger partial charge on any atom is -0.151 e. The van der Waals surface area contributed by atoms with Crippen LogP contribution >= 0.6 is 0 Å². The van der Waals surface area contributed by atoms with Crippen LogP contribution < -0.4 is 0 Å². The van der Waals surface area contributed by atoms with E-state index in [1.165, 1.54) is 17.5 Å². The van der Waals surface area contributed by atoms with Gasteiger partial charge in [0.15, 0.2) is 0 Å². The quantitative estimate of drug-likeness (QED) is 0.583. The van der Waals surface area contributed by atoms with E-state index < -0.39 is 0 Å². The molecular formula is C19H24N2. The SMILES string of the molecule is CCCc1ccc(N=Nc2ccc(C(C)(C)C)cc2)cc1. The van der Waals surface area contributed by atoms with Crippen LogP contribution in [0, 0.1) is 0 Å². The van der Waals surface area contributed by atoms with Crippen molar-refractivity contribution < 1.29 is 0 Å². The molecule has 0 aliphatic carbocycles. The summed E-state index contributed by atoms with van der Waals surface area (Å²) in [5, 5.41) is 8.59. The molecule has 110 valence electrons. The van der Waals surface area contributed by atoms with E-state index in [0.29, 0.717) is 0 Å². The zero-order chi connectivity index (χ0) is 15.3. The van der Waals surface area contributed by atoms with Gasteiger partial charge in [0.05, 0.1) is 11.4 Å². The molecule has 2 nitrogen and oxygen atoms in total. The Labute approximate surface area is 127 Å². The van der Waals surface area contributed by atoms with Crippen molar-refractivity contribution in [1.29, 1.82) is 0 Å². The first-order valence-corrected chi connectivity index (χ1v) is 7.60. The van der Waals surface area contributed by atoms with E-state index in [0.717, 1.165) is 17.8 Å². The number of aryl methyl sites for hydroxylation is 1. The summed E-state index contributed by atoms with van der Waals surface area (Å²) in [6.07, 6.45) is 2.28. The average Bonchev–Trinajstić information content (AvgIpc) is 2.46. The molecular weight excluding hydrogens is 256 g/mol. The minimum absolute atomic E-state index is 0.171. The second-order valence-corrected chi connectivity index (χ2v) is 6.41. The zero-order valence-electron chi connectivity index (χ0n) is 13.4. The molecule has 2 heteroatoms. The van der Waals surface area contributed by atoms with E-state index in [-0.39, 0.29) is 5.41 Å². The first-order chi connectivity index (χ1) is 9.99. The highest BCUT2D eigenvalue weighted by atomic mass is 15.1. The van der Waals surface area contributed by atoms with Gasteiger partial charge in [-0.25, -0.2) is 0 Å². The fourth-order valence-electron chi connectivity index (χ4n) is 2.16. The van der Waals surface area contributed by atoms with Gasteiger partial charge in [0.1, 0.15) is 0 Å². The molecule has 0 amide bonds. The third kappa shape index (κ3) is 4.52. The number of benzene rings is 2. The number of rotatable bonds is 4. The molecule has 0 radical (unpaired) electrons. The van der Waals surface area contributed by atoms with Crippen molar-refractivity contribution in [2.75, 3.05) is 0 Å². The molecule has 0 spiro atoms. The molecule has 0 saturated carbocycles. The molecule has 0 heterocycles. The van der Waals surface area contributed by atoms with Crippen molar-refractivity contribution in [3.8, 4) is 0 Å². The summed E-state index contributed by atoms with van der Waals surface area (Å²) in [7, 11) is 0. The fraction of sp³-hybridized carbons (Fsp3) is 0.368. The van der Waals surface area contributed by atoms with Crippen molar-refractivity contribution in [3.63, 3.8) is 0 Å². The van der Waals surface area contributed by atoms with E-state index in [1.54, 1.807) is 0 Å². The monoisotopic (exact) mass is 280 g/mol. The van der Waals surface area contributed by atoms with Gasteiger partial charge in [-0.3, -0.25) is 0 Å². The molecule has 0 fully saturated rings. The number of hydrogen-bond acceptors (Lipinski definition) is 2. The van der Waals surface area contributed by atoms with Gasteiger partial charge in [-0.15, -0.1) is 0 Å². The Kier molecular flexibility index (Phi) is 4.89. The average molecular weight is 280 g/mol. The van der Waals surface area contributed by atoms with E-state index in [4.69, 9.17) is 0 Å². The standard InChI is InChI=1S/C19H24N2/c1-5-6-15-7-11-17(12-8-15)20-21-18-13-9-16(10-14-18)19(2,3)4/h7-14H,5-6H2,1-4H3. The Morgan fingerprint density at radius 3 is 1.67 bits per heavy atom. The summed E-state index contributed by atoms with van der Waals surface area (Å²) in [5.74, 6) is 0.